The Hall–Kier alpha value is -0.640. The topological polar surface area (TPSA) is 34.1 Å². The molecule has 1 N–H and O–H groups in total. The normalized spacial score (nSPS) is 19.2. The lowest BCUT2D eigenvalue weighted by molar-refractivity contribution is 0.112. The number of nitrogens with zero attached hydrogens (tertiary/aromatic N) is 1. The maximum atomic E-state index is 5.66. The molecule has 0 bridgehead atoms. The molecule has 1 aliphatic rings. The second kappa shape index (κ2) is 9.31. The maximum absolute atomic E-state index is 5.66. The van der Waals surface area contributed by atoms with Gasteiger partial charge in [-0.25, -0.2) is 0 Å². The van der Waals surface area contributed by atoms with Gasteiger partial charge in [-0.2, -0.15) is 0 Å². The predicted molar refractivity (Wildman–Crippen MR) is 76.0 cm³/mol. The lowest BCUT2D eigenvalue weighted by Crippen LogP contribution is -2.29. The number of halogens is 1. The van der Waals surface area contributed by atoms with E-state index in [-0.39, 0.29) is 12.4 Å². The molecule has 1 aromatic heterocycles. The summed E-state index contributed by atoms with van der Waals surface area (Å²) in [6.07, 6.45) is 8.82. The molecule has 0 spiro atoms. The van der Waals surface area contributed by atoms with Crippen LogP contribution >= 0.6 is 12.4 Å². The maximum Gasteiger partial charge on any atom is 0.0717 e. The minimum atomic E-state index is 0. The summed E-state index contributed by atoms with van der Waals surface area (Å²) in [6, 6.07) is 4.01. The van der Waals surface area contributed by atoms with Gasteiger partial charge in [-0.15, -0.1) is 12.4 Å². The Morgan fingerprint density at radius 2 is 2.17 bits per heavy atom. The van der Waals surface area contributed by atoms with Gasteiger partial charge in [0.05, 0.1) is 6.61 Å². The Bertz CT molecular complexity index is 302. The first-order chi connectivity index (χ1) is 8.45. The number of ether oxygens (including phenoxy) is 1. The third-order valence-electron chi connectivity index (χ3n) is 3.32. The molecule has 3 nitrogen and oxygen atoms in total. The molecule has 0 aromatic carbocycles. The van der Waals surface area contributed by atoms with Crippen molar-refractivity contribution in [1.29, 1.82) is 0 Å². The predicted octanol–water partition coefficient (Wildman–Crippen LogP) is 2.80. The summed E-state index contributed by atoms with van der Waals surface area (Å²) in [5, 5.41) is 3.45. The molecule has 102 valence electrons. The summed E-state index contributed by atoms with van der Waals surface area (Å²) in [6.45, 7) is 3.99. The van der Waals surface area contributed by atoms with E-state index in [0.717, 1.165) is 12.5 Å². The zero-order valence-electron chi connectivity index (χ0n) is 10.8. The van der Waals surface area contributed by atoms with E-state index >= 15 is 0 Å². The zero-order valence-corrected chi connectivity index (χ0v) is 11.6. The van der Waals surface area contributed by atoms with E-state index in [1.165, 1.54) is 44.3 Å². The smallest absolute Gasteiger partial charge is 0.0717 e. The van der Waals surface area contributed by atoms with Crippen molar-refractivity contribution in [3.8, 4) is 0 Å². The quantitative estimate of drug-likeness (QED) is 0.807. The molecular formula is C14H23ClN2O. The Labute approximate surface area is 116 Å². The van der Waals surface area contributed by atoms with Crippen LogP contribution in [-0.2, 0) is 11.3 Å². The van der Waals surface area contributed by atoms with Crippen LogP contribution in [0.15, 0.2) is 24.5 Å². The second-order valence-corrected chi connectivity index (χ2v) is 4.76. The molecule has 1 fully saturated rings. The van der Waals surface area contributed by atoms with Crippen LogP contribution in [0, 0.1) is 5.92 Å². The van der Waals surface area contributed by atoms with Crippen LogP contribution in [0.25, 0.3) is 0 Å². The number of hydrogen-bond donors (Lipinski definition) is 1. The van der Waals surface area contributed by atoms with Gasteiger partial charge in [0, 0.05) is 19.0 Å². The highest BCUT2D eigenvalue weighted by molar-refractivity contribution is 5.85. The molecule has 4 heteroatoms. The van der Waals surface area contributed by atoms with Gasteiger partial charge in [-0.05, 0) is 62.4 Å². The van der Waals surface area contributed by atoms with E-state index in [9.17, 15) is 0 Å². The van der Waals surface area contributed by atoms with Crippen molar-refractivity contribution in [3.05, 3.63) is 30.1 Å². The Kier molecular flexibility index (Phi) is 7.98. The van der Waals surface area contributed by atoms with Crippen LogP contribution < -0.4 is 5.32 Å². The number of piperidine rings is 1. The molecule has 0 aliphatic carbocycles. The summed E-state index contributed by atoms with van der Waals surface area (Å²) in [5.41, 5.74) is 1.21. The molecule has 1 aliphatic heterocycles. The van der Waals surface area contributed by atoms with E-state index in [1.807, 2.05) is 24.5 Å². The van der Waals surface area contributed by atoms with Crippen LogP contribution in [0.5, 0.6) is 0 Å². The lowest BCUT2D eigenvalue weighted by Gasteiger charge is -2.22. The van der Waals surface area contributed by atoms with Gasteiger partial charge in [0.25, 0.3) is 0 Å². The highest BCUT2D eigenvalue weighted by Crippen LogP contribution is 2.15. The third-order valence-corrected chi connectivity index (χ3v) is 3.32. The average molecular weight is 271 g/mol. The first kappa shape index (κ1) is 15.4. The first-order valence-corrected chi connectivity index (χ1v) is 6.62. The molecule has 1 unspecified atom stereocenters. The fraction of sp³-hybridized carbons (Fsp3) is 0.643. The SMILES string of the molecule is Cl.c1cc(COCCCC2CCCNC2)ccn1. The van der Waals surface area contributed by atoms with Gasteiger partial charge in [0.2, 0.25) is 0 Å². The zero-order chi connectivity index (χ0) is 11.8. The van der Waals surface area contributed by atoms with Crippen LogP contribution in [0.1, 0.15) is 31.2 Å². The third kappa shape index (κ3) is 5.80. The number of hydrogen-bond acceptors (Lipinski definition) is 3. The van der Waals surface area contributed by atoms with Gasteiger partial charge in [0.15, 0.2) is 0 Å². The van der Waals surface area contributed by atoms with Gasteiger partial charge in [-0.3, -0.25) is 4.98 Å². The fourth-order valence-electron chi connectivity index (χ4n) is 2.31. The number of rotatable bonds is 6. The molecule has 2 rings (SSSR count). The molecule has 0 amide bonds. The van der Waals surface area contributed by atoms with Gasteiger partial charge in [-0.1, -0.05) is 0 Å². The van der Waals surface area contributed by atoms with E-state index in [1.54, 1.807) is 0 Å². The number of nitrogens with one attached hydrogen (secondary N) is 1. The highest BCUT2D eigenvalue weighted by Gasteiger charge is 2.11. The van der Waals surface area contributed by atoms with Crippen molar-refractivity contribution in [2.24, 2.45) is 5.92 Å². The van der Waals surface area contributed by atoms with Crippen LogP contribution in [0.3, 0.4) is 0 Å². The van der Waals surface area contributed by atoms with Crippen LogP contribution in [0.2, 0.25) is 0 Å². The lowest BCUT2D eigenvalue weighted by atomic mass is 9.95. The van der Waals surface area contributed by atoms with Crippen molar-refractivity contribution in [3.63, 3.8) is 0 Å². The Morgan fingerprint density at radius 1 is 1.33 bits per heavy atom. The molecule has 2 heterocycles. The van der Waals surface area contributed by atoms with E-state index in [2.05, 4.69) is 10.3 Å². The number of pyridine rings is 1. The summed E-state index contributed by atoms with van der Waals surface area (Å²) in [4.78, 5) is 3.99. The van der Waals surface area contributed by atoms with E-state index in [0.29, 0.717) is 6.61 Å². The van der Waals surface area contributed by atoms with E-state index in [4.69, 9.17) is 4.74 Å². The standard InChI is InChI=1S/C14H22N2O.ClH/c1-3-13(11-16-7-1)4-2-10-17-12-14-5-8-15-9-6-14;/h5-6,8-9,13,16H,1-4,7,10-12H2;1H. The molecule has 1 aromatic rings. The van der Waals surface area contributed by atoms with Gasteiger partial charge < -0.3 is 10.1 Å². The minimum Gasteiger partial charge on any atom is -0.377 e. The van der Waals surface area contributed by atoms with Crippen molar-refractivity contribution < 1.29 is 4.74 Å². The molecule has 0 saturated carbocycles. The highest BCUT2D eigenvalue weighted by atomic mass is 35.5. The molecule has 0 radical (unpaired) electrons. The average Bonchev–Trinajstić information content (AvgIpc) is 2.41. The minimum absolute atomic E-state index is 0. The molecule has 18 heavy (non-hydrogen) atoms. The largest absolute Gasteiger partial charge is 0.377 e. The van der Waals surface area contributed by atoms with Crippen molar-refractivity contribution in [1.82, 2.24) is 10.3 Å². The molecule has 1 saturated heterocycles. The molecular weight excluding hydrogens is 248 g/mol. The summed E-state index contributed by atoms with van der Waals surface area (Å²) < 4.78 is 5.66. The Morgan fingerprint density at radius 3 is 2.89 bits per heavy atom. The van der Waals surface area contributed by atoms with Gasteiger partial charge >= 0.3 is 0 Å². The van der Waals surface area contributed by atoms with Crippen molar-refractivity contribution >= 4 is 12.4 Å². The number of aromatic nitrogens is 1. The van der Waals surface area contributed by atoms with Crippen LogP contribution in [-0.4, -0.2) is 24.7 Å². The monoisotopic (exact) mass is 270 g/mol. The van der Waals surface area contributed by atoms with Crippen LogP contribution in [0.4, 0.5) is 0 Å². The van der Waals surface area contributed by atoms with E-state index < -0.39 is 0 Å². The molecule has 1 atom stereocenters. The summed E-state index contributed by atoms with van der Waals surface area (Å²) in [7, 11) is 0. The van der Waals surface area contributed by atoms with Crippen molar-refractivity contribution in [2.75, 3.05) is 19.7 Å². The Balaban J connectivity index is 0.00000162. The van der Waals surface area contributed by atoms with Gasteiger partial charge in [0.1, 0.15) is 0 Å². The van der Waals surface area contributed by atoms with Crippen molar-refractivity contribution in [2.45, 2.75) is 32.3 Å². The summed E-state index contributed by atoms with van der Waals surface area (Å²) >= 11 is 0. The summed E-state index contributed by atoms with van der Waals surface area (Å²) in [5.74, 6) is 0.869. The fourth-order valence-corrected chi connectivity index (χ4v) is 2.31. The second-order valence-electron chi connectivity index (χ2n) is 4.76. The first-order valence-electron chi connectivity index (χ1n) is 6.62.